The van der Waals surface area contributed by atoms with E-state index in [4.69, 9.17) is 4.74 Å². The monoisotopic (exact) mass is 219 g/mol. The second kappa shape index (κ2) is 4.32. The molecule has 0 saturated heterocycles. The molecule has 5 nitrogen and oxygen atoms in total. The Kier molecular flexibility index (Phi) is 2.87. The van der Waals surface area contributed by atoms with Crippen LogP contribution in [0.15, 0.2) is 30.5 Å². The summed E-state index contributed by atoms with van der Waals surface area (Å²) >= 11 is 0. The van der Waals surface area contributed by atoms with Crippen LogP contribution in [0.2, 0.25) is 0 Å². The number of aromatic nitrogens is 3. The van der Waals surface area contributed by atoms with Crippen molar-refractivity contribution in [2.75, 3.05) is 7.11 Å². The van der Waals surface area contributed by atoms with E-state index in [2.05, 4.69) is 10.3 Å². The maximum absolute atomic E-state index is 9.36. The third-order valence-corrected chi connectivity index (χ3v) is 2.27. The molecule has 2 aromatic rings. The van der Waals surface area contributed by atoms with Gasteiger partial charge in [-0.1, -0.05) is 17.3 Å². The summed E-state index contributed by atoms with van der Waals surface area (Å²) < 4.78 is 6.80. The zero-order chi connectivity index (χ0) is 11.5. The first-order valence-electron chi connectivity index (χ1n) is 4.96. The first-order chi connectivity index (χ1) is 7.72. The minimum absolute atomic E-state index is 0.533. The predicted octanol–water partition coefficient (Wildman–Crippen LogP) is 1.33. The number of benzene rings is 1. The summed E-state index contributed by atoms with van der Waals surface area (Å²) in [4.78, 5) is 0. The Morgan fingerprint density at radius 3 is 2.75 bits per heavy atom. The number of hydrogen-bond donors (Lipinski definition) is 1. The van der Waals surface area contributed by atoms with Gasteiger partial charge in [0.05, 0.1) is 19.4 Å². The molecule has 1 unspecified atom stereocenters. The molecule has 1 N–H and O–H groups in total. The van der Waals surface area contributed by atoms with Gasteiger partial charge < -0.3 is 9.84 Å². The van der Waals surface area contributed by atoms with Gasteiger partial charge in [0, 0.05) is 0 Å². The quantitative estimate of drug-likeness (QED) is 0.846. The summed E-state index contributed by atoms with van der Waals surface area (Å²) in [7, 11) is 1.60. The molecule has 1 aromatic carbocycles. The van der Waals surface area contributed by atoms with Gasteiger partial charge in [-0.3, -0.25) is 0 Å². The molecular formula is C11H13N3O2. The fourth-order valence-corrected chi connectivity index (χ4v) is 1.40. The number of methoxy groups -OCH3 is 1. The van der Waals surface area contributed by atoms with E-state index in [9.17, 15) is 5.11 Å². The van der Waals surface area contributed by atoms with Crippen molar-refractivity contribution in [3.63, 3.8) is 0 Å². The van der Waals surface area contributed by atoms with Crippen molar-refractivity contribution in [2.24, 2.45) is 0 Å². The maximum atomic E-state index is 9.36. The van der Waals surface area contributed by atoms with Crippen LogP contribution in [-0.2, 0) is 0 Å². The summed E-state index contributed by atoms with van der Waals surface area (Å²) in [6.07, 6.45) is 1.06. The van der Waals surface area contributed by atoms with Gasteiger partial charge in [0.25, 0.3) is 0 Å². The van der Waals surface area contributed by atoms with Crippen LogP contribution in [0.1, 0.15) is 18.7 Å². The van der Waals surface area contributed by atoms with Crippen molar-refractivity contribution in [3.05, 3.63) is 36.2 Å². The molecule has 16 heavy (non-hydrogen) atoms. The number of rotatable bonds is 3. The van der Waals surface area contributed by atoms with Crippen LogP contribution in [0, 0.1) is 0 Å². The standard InChI is InChI=1S/C11H13N3O2/c1-8(15)9-7-14(13-12-9)10-5-3-4-6-11(10)16-2/h3-8,15H,1-2H3. The molecule has 0 aliphatic carbocycles. The van der Waals surface area contributed by atoms with E-state index >= 15 is 0 Å². The van der Waals surface area contributed by atoms with Gasteiger partial charge in [-0.15, -0.1) is 5.10 Å². The second-order valence-electron chi connectivity index (χ2n) is 3.44. The Bertz CT molecular complexity index is 480. The highest BCUT2D eigenvalue weighted by molar-refractivity contribution is 5.45. The molecule has 0 aliphatic rings. The number of hydrogen-bond acceptors (Lipinski definition) is 4. The molecule has 0 amide bonds. The molecule has 1 aromatic heterocycles. The van der Waals surface area contributed by atoms with Gasteiger partial charge in [-0.25, -0.2) is 4.68 Å². The van der Waals surface area contributed by atoms with E-state index in [0.29, 0.717) is 11.4 Å². The Hall–Kier alpha value is -1.88. The van der Waals surface area contributed by atoms with Crippen molar-refractivity contribution in [3.8, 4) is 11.4 Å². The van der Waals surface area contributed by atoms with Crippen LogP contribution >= 0.6 is 0 Å². The summed E-state index contributed by atoms with van der Waals surface area (Å²) in [5, 5.41) is 17.2. The van der Waals surface area contributed by atoms with Gasteiger partial charge in [-0.05, 0) is 19.1 Å². The Morgan fingerprint density at radius 2 is 2.12 bits per heavy atom. The summed E-state index contributed by atoms with van der Waals surface area (Å²) in [6.45, 7) is 1.65. The minimum atomic E-state index is -0.622. The highest BCUT2D eigenvalue weighted by Crippen LogP contribution is 2.21. The largest absolute Gasteiger partial charge is 0.494 e. The van der Waals surface area contributed by atoms with Crippen LogP contribution in [0.5, 0.6) is 5.75 Å². The van der Waals surface area contributed by atoms with Crippen molar-refractivity contribution >= 4 is 0 Å². The molecule has 1 atom stereocenters. The highest BCUT2D eigenvalue weighted by atomic mass is 16.5. The molecule has 0 spiro atoms. The summed E-state index contributed by atoms with van der Waals surface area (Å²) in [6, 6.07) is 7.49. The van der Waals surface area contributed by atoms with Crippen molar-refractivity contribution in [1.82, 2.24) is 15.0 Å². The molecule has 84 valence electrons. The Labute approximate surface area is 93.3 Å². The average molecular weight is 219 g/mol. The Balaban J connectivity index is 2.42. The lowest BCUT2D eigenvalue weighted by Crippen LogP contribution is -1.98. The van der Waals surface area contributed by atoms with E-state index in [1.165, 1.54) is 0 Å². The number of ether oxygens (including phenoxy) is 1. The van der Waals surface area contributed by atoms with Gasteiger partial charge >= 0.3 is 0 Å². The number of para-hydroxylation sites is 2. The summed E-state index contributed by atoms with van der Waals surface area (Å²) in [5.74, 6) is 0.713. The smallest absolute Gasteiger partial charge is 0.144 e. The van der Waals surface area contributed by atoms with Gasteiger partial charge in [0.1, 0.15) is 17.1 Å². The van der Waals surface area contributed by atoms with Crippen LogP contribution < -0.4 is 4.74 Å². The van der Waals surface area contributed by atoms with E-state index in [-0.39, 0.29) is 0 Å². The summed E-state index contributed by atoms with van der Waals surface area (Å²) in [5.41, 5.74) is 1.33. The fourth-order valence-electron chi connectivity index (χ4n) is 1.40. The van der Waals surface area contributed by atoms with E-state index in [1.807, 2.05) is 24.3 Å². The van der Waals surface area contributed by atoms with Crippen molar-refractivity contribution in [2.45, 2.75) is 13.0 Å². The SMILES string of the molecule is COc1ccccc1-n1cc(C(C)O)nn1. The van der Waals surface area contributed by atoms with Gasteiger partial charge in [0.15, 0.2) is 0 Å². The normalized spacial score (nSPS) is 12.4. The first-order valence-corrected chi connectivity index (χ1v) is 4.96. The molecule has 2 rings (SSSR count). The molecule has 0 radical (unpaired) electrons. The average Bonchev–Trinajstić information content (AvgIpc) is 2.78. The van der Waals surface area contributed by atoms with Crippen molar-refractivity contribution < 1.29 is 9.84 Å². The van der Waals surface area contributed by atoms with Crippen LogP contribution in [0.4, 0.5) is 0 Å². The van der Waals surface area contributed by atoms with E-state index in [1.54, 1.807) is 24.9 Å². The topological polar surface area (TPSA) is 60.2 Å². The molecule has 0 aliphatic heterocycles. The van der Waals surface area contributed by atoms with Gasteiger partial charge in [0.2, 0.25) is 0 Å². The maximum Gasteiger partial charge on any atom is 0.144 e. The Morgan fingerprint density at radius 1 is 1.38 bits per heavy atom. The molecule has 0 bridgehead atoms. The van der Waals surface area contributed by atoms with Gasteiger partial charge in [-0.2, -0.15) is 0 Å². The second-order valence-corrected chi connectivity index (χ2v) is 3.44. The van der Waals surface area contributed by atoms with Crippen LogP contribution in [0.25, 0.3) is 5.69 Å². The zero-order valence-corrected chi connectivity index (χ0v) is 9.16. The van der Waals surface area contributed by atoms with Crippen molar-refractivity contribution in [1.29, 1.82) is 0 Å². The molecule has 0 saturated carbocycles. The van der Waals surface area contributed by atoms with Crippen LogP contribution in [0.3, 0.4) is 0 Å². The van der Waals surface area contributed by atoms with E-state index < -0.39 is 6.10 Å². The number of aliphatic hydroxyl groups is 1. The zero-order valence-electron chi connectivity index (χ0n) is 9.16. The van der Waals surface area contributed by atoms with Crippen LogP contribution in [-0.4, -0.2) is 27.2 Å². The first kappa shape index (κ1) is 10.6. The lowest BCUT2D eigenvalue weighted by molar-refractivity contribution is 0.194. The lowest BCUT2D eigenvalue weighted by atomic mass is 10.3. The third-order valence-electron chi connectivity index (χ3n) is 2.27. The van der Waals surface area contributed by atoms with E-state index in [0.717, 1.165) is 5.69 Å². The number of nitrogens with zero attached hydrogens (tertiary/aromatic N) is 3. The molecule has 5 heteroatoms. The predicted molar refractivity (Wildman–Crippen MR) is 58.5 cm³/mol. The highest BCUT2D eigenvalue weighted by Gasteiger charge is 2.10. The third kappa shape index (κ3) is 1.90. The molecule has 1 heterocycles. The number of aliphatic hydroxyl groups excluding tert-OH is 1. The fraction of sp³-hybridized carbons (Fsp3) is 0.273. The molecule has 0 fully saturated rings. The minimum Gasteiger partial charge on any atom is -0.494 e. The molecular weight excluding hydrogens is 206 g/mol. The lowest BCUT2D eigenvalue weighted by Gasteiger charge is -2.06.